The van der Waals surface area contributed by atoms with Crippen LogP contribution in [-0.2, 0) is 16.1 Å². The van der Waals surface area contributed by atoms with E-state index in [0.717, 1.165) is 44.2 Å². The summed E-state index contributed by atoms with van der Waals surface area (Å²) in [6, 6.07) is 15.5. The average molecular weight is 423 g/mol. The van der Waals surface area contributed by atoms with E-state index in [0.29, 0.717) is 18.7 Å². The van der Waals surface area contributed by atoms with Crippen molar-refractivity contribution in [2.75, 3.05) is 50.1 Å². The third-order valence-corrected chi connectivity index (χ3v) is 6.02. The number of ether oxygens (including phenoxy) is 1. The van der Waals surface area contributed by atoms with E-state index in [-0.39, 0.29) is 17.9 Å². The Kier molecular flexibility index (Phi) is 6.53. The highest BCUT2D eigenvalue weighted by Crippen LogP contribution is 2.31. The van der Waals surface area contributed by atoms with Crippen molar-refractivity contribution >= 4 is 23.2 Å². The molecule has 1 fully saturated rings. The lowest BCUT2D eigenvalue weighted by Crippen LogP contribution is -2.51. The van der Waals surface area contributed by atoms with Crippen LogP contribution < -0.4 is 15.0 Å². The smallest absolute Gasteiger partial charge is 0.241 e. The molecule has 164 valence electrons. The zero-order chi connectivity index (χ0) is 21.8. The van der Waals surface area contributed by atoms with Crippen molar-refractivity contribution in [2.45, 2.75) is 25.9 Å². The van der Waals surface area contributed by atoms with Crippen molar-refractivity contribution in [1.82, 2.24) is 9.80 Å². The Morgan fingerprint density at radius 1 is 1.03 bits per heavy atom. The van der Waals surface area contributed by atoms with Gasteiger partial charge in [0.15, 0.2) is 0 Å². The Morgan fingerprint density at radius 2 is 1.71 bits per heavy atom. The molecule has 31 heavy (non-hydrogen) atoms. The van der Waals surface area contributed by atoms with Crippen LogP contribution in [0.5, 0.6) is 5.75 Å². The van der Waals surface area contributed by atoms with Crippen molar-refractivity contribution in [3.8, 4) is 5.75 Å². The molecular weight excluding hydrogens is 392 g/mol. The summed E-state index contributed by atoms with van der Waals surface area (Å²) in [7, 11) is 1.68. The third-order valence-electron chi connectivity index (χ3n) is 6.02. The Labute approximate surface area is 183 Å². The second-order valence-electron chi connectivity index (χ2n) is 8.28. The molecule has 0 aromatic heterocycles. The molecule has 4 rings (SSSR count). The fraction of sp³-hybridized carbons (Fsp3) is 0.417. The summed E-state index contributed by atoms with van der Waals surface area (Å²) < 4.78 is 5.22. The maximum atomic E-state index is 13.3. The lowest BCUT2D eigenvalue weighted by Gasteiger charge is -2.36. The first-order valence-electron chi connectivity index (χ1n) is 10.8. The predicted octanol–water partition coefficient (Wildman–Crippen LogP) is 2.58. The van der Waals surface area contributed by atoms with Gasteiger partial charge in [-0.05, 0) is 36.8 Å². The maximum Gasteiger partial charge on any atom is 0.241 e. The van der Waals surface area contributed by atoms with Crippen molar-refractivity contribution in [3.05, 3.63) is 54.1 Å². The van der Waals surface area contributed by atoms with E-state index in [1.807, 2.05) is 43.3 Å². The molecule has 0 saturated carbocycles. The highest BCUT2D eigenvalue weighted by Gasteiger charge is 2.31. The molecule has 0 bridgehead atoms. The largest absolute Gasteiger partial charge is 0.497 e. The fourth-order valence-corrected chi connectivity index (χ4v) is 4.33. The Balaban J connectivity index is 1.35. The number of piperazine rings is 1. The molecule has 1 unspecified atom stereocenters. The lowest BCUT2D eigenvalue weighted by atomic mass is 10.1. The molecule has 2 heterocycles. The predicted molar refractivity (Wildman–Crippen MR) is 121 cm³/mol. The van der Waals surface area contributed by atoms with E-state index >= 15 is 0 Å². The standard InChI is InChI=1S/C24H30N4O3/c1-18-15-23(29)25-21-5-3-4-6-22(21)28(18)24(30)17-27-13-11-26(12-14-27)16-19-7-9-20(31-2)10-8-19/h3-10,18H,11-17H2,1-2H3,(H,25,29). The summed E-state index contributed by atoms with van der Waals surface area (Å²) in [6.45, 7) is 6.74. The first-order chi connectivity index (χ1) is 15.0. The molecular formula is C24H30N4O3. The van der Waals surface area contributed by atoms with E-state index in [1.165, 1.54) is 5.56 Å². The quantitative estimate of drug-likeness (QED) is 0.802. The van der Waals surface area contributed by atoms with E-state index in [1.54, 1.807) is 12.0 Å². The van der Waals surface area contributed by atoms with Gasteiger partial charge in [0.05, 0.1) is 25.0 Å². The first kappa shape index (κ1) is 21.3. The monoisotopic (exact) mass is 422 g/mol. The average Bonchev–Trinajstić information content (AvgIpc) is 2.89. The molecule has 0 aliphatic carbocycles. The number of amides is 2. The van der Waals surface area contributed by atoms with Gasteiger partial charge < -0.3 is 15.0 Å². The van der Waals surface area contributed by atoms with Gasteiger partial charge in [-0.1, -0.05) is 24.3 Å². The maximum absolute atomic E-state index is 13.3. The minimum absolute atomic E-state index is 0.0417. The molecule has 2 aliphatic heterocycles. The van der Waals surface area contributed by atoms with Crippen LogP contribution in [0.4, 0.5) is 11.4 Å². The number of hydrogen-bond donors (Lipinski definition) is 1. The van der Waals surface area contributed by atoms with Gasteiger partial charge in [-0.25, -0.2) is 0 Å². The Bertz CT molecular complexity index is 923. The molecule has 0 spiro atoms. The molecule has 7 nitrogen and oxygen atoms in total. The zero-order valence-electron chi connectivity index (χ0n) is 18.2. The van der Waals surface area contributed by atoms with Crippen LogP contribution in [0.3, 0.4) is 0 Å². The molecule has 2 aromatic carbocycles. The number of methoxy groups -OCH3 is 1. The van der Waals surface area contributed by atoms with Gasteiger partial charge in [-0.15, -0.1) is 0 Å². The highest BCUT2D eigenvalue weighted by atomic mass is 16.5. The van der Waals surface area contributed by atoms with Crippen molar-refractivity contribution in [1.29, 1.82) is 0 Å². The number of fused-ring (bicyclic) bond motifs is 1. The number of anilines is 2. The minimum atomic E-state index is -0.174. The molecule has 1 N–H and O–H groups in total. The van der Waals surface area contributed by atoms with E-state index in [2.05, 4.69) is 27.2 Å². The summed E-state index contributed by atoms with van der Waals surface area (Å²) >= 11 is 0. The van der Waals surface area contributed by atoms with Crippen molar-refractivity contribution in [2.24, 2.45) is 0 Å². The number of benzene rings is 2. The zero-order valence-corrected chi connectivity index (χ0v) is 18.2. The van der Waals surface area contributed by atoms with Crippen LogP contribution in [0.15, 0.2) is 48.5 Å². The third kappa shape index (κ3) is 5.06. The first-order valence-corrected chi connectivity index (χ1v) is 10.8. The van der Waals surface area contributed by atoms with Crippen LogP contribution in [0.2, 0.25) is 0 Å². The molecule has 7 heteroatoms. The summed E-state index contributed by atoms with van der Waals surface area (Å²) in [5.41, 5.74) is 2.75. The molecule has 1 atom stereocenters. The van der Waals surface area contributed by atoms with Gasteiger partial charge in [0, 0.05) is 45.2 Å². The minimum Gasteiger partial charge on any atom is -0.497 e. The van der Waals surface area contributed by atoms with Crippen LogP contribution >= 0.6 is 0 Å². The summed E-state index contributed by atoms with van der Waals surface area (Å²) in [5, 5.41) is 2.92. The van der Waals surface area contributed by atoms with Crippen LogP contribution in [0, 0.1) is 0 Å². The normalized spacial score (nSPS) is 20.0. The van der Waals surface area contributed by atoms with Crippen molar-refractivity contribution in [3.63, 3.8) is 0 Å². The molecule has 1 saturated heterocycles. The molecule has 0 radical (unpaired) electrons. The fourth-order valence-electron chi connectivity index (χ4n) is 4.33. The molecule has 2 amide bonds. The SMILES string of the molecule is COc1ccc(CN2CCN(CC(=O)N3c4ccccc4NC(=O)CC3C)CC2)cc1. The molecule has 2 aromatic rings. The lowest BCUT2D eigenvalue weighted by molar-refractivity contribution is -0.120. The van der Waals surface area contributed by atoms with Gasteiger partial charge in [-0.2, -0.15) is 0 Å². The summed E-state index contributed by atoms with van der Waals surface area (Å²) in [6.07, 6.45) is 0.302. The van der Waals surface area contributed by atoms with Gasteiger partial charge in [-0.3, -0.25) is 19.4 Å². The van der Waals surface area contributed by atoms with Crippen molar-refractivity contribution < 1.29 is 14.3 Å². The van der Waals surface area contributed by atoms with E-state index in [4.69, 9.17) is 4.74 Å². The second kappa shape index (κ2) is 9.49. The second-order valence-corrected chi connectivity index (χ2v) is 8.28. The Morgan fingerprint density at radius 3 is 2.42 bits per heavy atom. The van der Waals surface area contributed by atoms with Crippen LogP contribution in [0.25, 0.3) is 0 Å². The van der Waals surface area contributed by atoms with Gasteiger partial charge in [0.25, 0.3) is 0 Å². The Hall–Kier alpha value is -2.90. The topological polar surface area (TPSA) is 65.1 Å². The van der Waals surface area contributed by atoms with E-state index < -0.39 is 0 Å². The molecule has 2 aliphatic rings. The number of rotatable bonds is 5. The summed E-state index contributed by atoms with van der Waals surface area (Å²) in [4.78, 5) is 31.8. The van der Waals surface area contributed by atoms with Crippen LogP contribution in [0.1, 0.15) is 18.9 Å². The summed E-state index contributed by atoms with van der Waals surface area (Å²) in [5.74, 6) is 0.857. The van der Waals surface area contributed by atoms with Crippen LogP contribution in [-0.4, -0.2) is 67.5 Å². The number of hydrogen-bond acceptors (Lipinski definition) is 5. The van der Waals surface area contributed by atoms with E-state index in [9.17, 15) is 9.59 Å². The highest BCUT2D eigenvalue weighted by molar-refractivity contribution is 6.04. The number of para-hydroxylation sites is 2. The van der Waals surface area contributed by atoms with Gasteiger partial charge >= 0.3 is 0 Å². The number of nitrogens with one attached hydrogen (secondary N) is 1. The number of carbonyl (C=O) groups excluding carboxylic acids is 2. The van der Waals surface area contributed by atoms with Gasteiger partial charge in [0.1, 0.15) is 5.75 Å². The number of nitrogens with zero attached hydrogens (tertiary/aromatic N) is 3. The number of carbonyl (C=O) groups is 2. The van der Waals surface area contributed by atoms with Gasteiger partial charge in [0.2, 0.25) is 11.8 Å².